The lowest BCUT2D eigenvalue weighted by atomic mass is 10.1. The Morgan fingerprint density at radius 3 is 2.59 bits per heavy atom. The fraction of sp³-hybridized carbons (Fsp3) is 0.125. The standard InChI is InChI=1S/C8H8N2O6S/c1-16-8(11)6-3-2-5(10(12)13)4-7(6)9-17(14)15/h2-4,17H,1H3,(H,9,14,15). The predicted octanol–water partition coefficient (Wildman–Crippen LogP) is 0.320. The zero-order valence-corrected chi connectivity index (χ0v) is 9.47. The number of carbonyl (C=O) groups is 1. The minimum Gasteiger partial charge on any atom is -0.465 e. The number of esters is 1. The Kier molecular flexibility index (Phi) is 3.99. The van der Waals surface area contributed by atoms with Gasteiger partial charge in [0.1, 0.15) is 0 Å². The van der Waals surface area contributed by atoms with Gasteiger partial charge in [0.05, 0.1) is 23.3 Å². The Morgan fingerprint density at radius 1 is 1.47 bits per heavy atom. The Hall–Kier alpha value is -2.16. The van der Waals surface area contributed by atoms with Gasteiger partial charge in [-0.15, -0.1) is 0 Å². The summed E-state index contributed by atoms with van der Waals surface area (Å²) >= 11 is 0. The highest BCUT2D eigenvalue weighted by Gasteiger charge is 2.16. The van der Waals surface area contributed by atoms with Gasteiger partial charge < -0.3 is 4.74 Å². The lowest BCUT2D eigenvalue weighted by Gasteiger charge is -2.05. The Labute approximate surface area is 97.4 Å². The lowest BCUT2D eigenvalue weighted by Crippen LogP contribution is -2.07. The monoisotopic (exact) mass is 260 g/mol. The van der Waals surface area contributed by atoms with E-state index in [1.165, 1.54) is 0 Å². The summed E-state index contributed by atoms with van der Waals surface area (Å²) in [5.41, 5.74) is -0.628. The zero-order chi connectivity index (χ0) is 13.0. The average Bonchev–Trinajstić information content (AvgIpc) is 2.27. The van der Waals surface area contributed by atoms with E-state index in [0.717, 1.165) is 25.3 Å². The molecule has 1 N–H and O–H groups in total. The minimum atomic E-state index is -3.03. The molecule has 0 aliphatic heterocycles. The molecule has 0 aromatic heterocycles. The van der Waals surface area contributed by atoms with Gasteiger partial charge in [0.15, 0.2) is 0 Å². The van der Waals surface area contributed by atoms with Crippen molar-refractivity contribution in [2.45, 2.75) is 0 Å². The van der Waals surface area contributed by atoms with Crippen molar-refractivity contribution in [2.75, 3.05) is 11.8 Å². The zero-order valence-electron chi connectivity index (χ0n) is 8.58. The highest BCUT2D eigenvalue weighted by Crippen LogP contribution is 2.23. The second-order valence-electron chi connectivity index (χ2n) is 2.85. The van der Waals surface area contributed by atoms with Crippen LogP contribution in [0, 0.1) is 10.1 Å². The minimum absolute atomic E-state index is 0.0997. The number of anilines is 1. The maximum Gasteiger partial charge on any atom is 0.340 e. The van der Waals surface area contributed by atoms with Gasteiger partial charge in [-0.05, 0) is 6.07 Å². The fourth-order valence-electron chi connectivity index (χ4n) is 1.12. The number of nitrogens with one attached hydrogen (secondary N) is 1. The molecule has 8 nitrogen and oxygen atoms in total. The SMILES string of the molecule is COC(=O)c1ccc([N+](=O)[O-])cc1N[SH](=O)=O. The summed E-state index contributed by atoms with van der Waals surface area (Å²) in [5, 5.41) is 10.5. The summed E-state index contributed by atoms with van der Waals surface area (Å²) in [7, 11) is -1.92. The van der Waals surface area contributed by atoms with Gasteiger partial charge in [-0.1, -0.05) is 0 Å². The van der Waals surface area contributed by atoms with Crippen molar-refractivity contribution in [3.63, 3.8) is 0 Å². The molecule has 0 aliphatic carbocycles. The molecule has 0 heterocycles. The molecular formula is C8H8N2O6S. The van der Waals surface area contributed by atoms with Crippen LogP contribution in [0.15, 0.2) is 18.2 Å². The number of carbonyl (C=O) groups excluding carboxylic acids is 1. The average molecular weight is 260 g/mol. The van der Waals surface area contributed by atoms with Crippen LogP contribution in [-0.2, 0) is 15.6 Å². The first-order valence-electron chi connectivity index (χ1n) is 4.23. The first-order chi connectivity index (χ1) is 7.95. The van der Waals surface area contributed by atoms with Crippen molar-refractivity contribution in [2.24, 2.45) is 0 Å². The van der Waals surface area contributed by atoms with Crippen LogP contribution in [0.5, 0.6) is 0 Å². The van der Waals surface area contributed by atoms with Crippen LogP contribution in [0.25, 0.3) is 0 Å². The Balaban J connectivity index is 3.30. The number of non-ortho nitro benzene ring substituents is 1. The molecule has 0 aliphatic rings. The number of methoxy groups -OCH3 is 1. The first-order valence-corrected chi connectivity index (χ1v) is 5.41. The van der Waals surface area contributed by atoms with Gasteiger partial charge >= 0.3 is 5.97 Å². The number of thiol groups is 1. The molecule has 0 radical (unpaired) electrons. The summed E-state index contributed by atoms with van der Waals surface area (Å²) in [4.78, 5) is 21.1. The molecule has 0 amide bonds. The van der Waals surface area contributed by atoms with E-state index in [1.807, 2.05) is 4.72 Å². The van der Waals surface area contributed by atoms with E-state index in [0.29, 0.717) is 0 Å². The number of nitro groups is 1. The predicted molar refractivity (Wildman–Crippen MR) is 58.4 cm³/mol. The summed E-state index contributed by atoms with van der Waals surface area (Å²) in [5.74, 6) is -0.792. The van der Waals surface area contributed by atoms with Crippen molar-refractivity contribution < 1.29 is 22.9 Å². The van der Waals surface area contributed by atoms with Gasteiger partial charge in [-0.2, -0.15) is 0 Å². The van der Waals surface area contributed by atoms with Crippen LogP contribution in [0.1, 0.15) is 10.4 Å². The molecule has 0 atom stereocenters. The largest absolute Gasteiger partial charge is 0.465 e. The van der Waals surface area contributed by atoms with E-state index < -0.39 is 21.8 Å². The number of hydrogen-bond donors (Lipinski definition) is 2. The number of benzene rings is 1. The van der Waals surface area contributed by atoms with Crippen LogP contribution >= 0.6 is 0 Å². The van der Waals surface area contributed by atoms with E-state index in [1.54, 1.807) is 0 Å². The smallest absolute Gasteiger partial charge is 0.340 e. The van der Waals surface area contributed by atoms with Crippen molar-refractivity contribution >= 4 is 28.2 Å². The van der Waals surface area contributed by atoms with Crippen molar-refractivity contribution in [3.05, 3.63) is 33.9 Å². The molecule has 1 aromatic rings. The summed E-state index contributed by atoms with van der Waals surface area (Å²) in [6.07, 6.45) is 0. The third kappa shape index (κ3) is 3.14. The highest BCUT2D eigenvalue weighted by molar-refractivity contribution is 7.73. The maximum atomic E-state index is 11.3. The lowest BCUT2D eigenvalue weighted by molar-refractivity contribution is -0.384. The van der Waals surface area contributed by atoms with Gasteiger partial charge in [0.25, 0.3) is 5.69 Å². The second-order valence-corrected chi connectivity index (χ2v) is 3.59. The topological polar surface area (TPSA) is 116 Å². The van der Waals surface area contributed by atoms with E-state index >= 15 is 0 Å². The summed E-state index contributed by atoms with van der Waals surface area (Å²) in [6, 6.07) is 3.14. The van der Waals surface area contributed by atoms with Gasteiger partial charge in [-0.3, -0.25) is 14.8 Å². The molecule has 1 rings (SSSR count). The number of ether oxygens (including phenoxy) is 1. The van der Waals surface area contributed by atoms with E-state index in [9.17, 15) is 23.3 Å². The molecule has 0 saturated carbocycles. The molecule has 17 heavy (non-hydrogen) atoms. The van der Waals surface area contributed by atoms with Crippen molar-refractivity contribution in [3.8, 4) is 0 Å². The number of hydrogen-bond acceptors (Lipinski definition) is 6. The molecule has 0 unspecified atom stereocenters. The van der Waals surface area contributed by atoms with E-state index in [2.05, 4.69) is 4.74 Å². The van der Waals surface area contributed by atoms with Crippen LogP contribution in [0.2, 0.25) is 0 Å². The first kappa shape index (κ1) is 12.9. The second kappa shape index (κ2) is 5.25. The quantitative estimate of drug-likeness (QED) is 0.348. The van der Waals surface area contributed by atoms with Crippen molar-refractivity contribution in [1.29, 1.82) is 0 Å². The van der Waals surface area contributed by atoms with Crippen LogP contribution in [0.3, 0.4) is 0 Å². The fourth-order valence-corrected chi connectivity index (χ4v) is 1.51. The third-order valence-corrected chi connectivity index (χ3v) is 2.25. The molecule has 0 fully saturated rings. The molecular weight excluding hydrogens is 252 g/mol. The Morgan fingerprint density at radius 2 is 2.12 bits per heavy atom. The molecule has 92 valence electrons. The van der Waals surface area contributed by atoms with Crippen molar-refractivity contribution in [1.82, 2.24) is 0 Å². The number of rotatable bonds is 4. The van der Waals surface area contributed by atoms with Crippen LogP contribution < -0.4 is 4.72 Å². The normalized spacial score (nSPS) is 10.0. The van der Waals surface area contributed by atoms with Gasteiger partial charge in [0, 0.05) is 12.1 Å². The molecule has 0 bridgehead atoms. The van der Waals surface area contributed by atoms with Crippen LogP contribution in [0.4, 0.5) is 11.4 Å². The maximum absolute atomic E-state index is 11.3. The summed E-state index contributed by atoms with van der Waals surface area (Å²) in [6.45, 7) is 0. The van der Waals surface area contributed by atoms with Crippen LogP contribution in [-0.4, -0.2) is 26.4 Å². The third-order valence-electron chi connectivity index (χ3n) is 1.83. The number of nitro benzene ring substituents is 1. The molecule has 0 spiro atoms. The van der Waals surface area contributed by atoms with Gasteiger partial charge in [0.2, 0.25) is 10.9 Å². The molecule has 0 saturated heterocycles. The number of nitrogens with zero attached hydrogens (tertiary/aromatic N) is 1. The Bertz CT molecular complexity index is 531. The molecule has 1 aromatic carbocycles. The summed E-state index contributed by atoms with van der Waals surface area (Å²) < 4.78 is 27.4. The van der Waals surface area contributed by atoms with E-state index in [4.69, 9.17) is 0 Å². The van der Waals surface area contributed by atoms with Gasteiger partial charge in [-0.25, -0.2) is 13.2 Å². The van der Waals surface area contributed by atoms with E-state index in [-0.39, 0.29) is 16.9 Å². The highest BCUT2D eigenvalue weighted by atomic mass is 32.2. The molecule has 9 heteroatoms.